The van der Waals surface area contributed by atoms with Gasteiger partial charge < -0.3 is 10.6 Å². The van der Waals surface area contributed by atoms with E-state index >= 15 is 0 Å². The van der Waals surface area contributed by atoms with E-state index in [1.165, 1.54) is 0 Å². The third-order valence-electron chi connectivity index (χ3n) is 2.16. The van der Waals surface area contributed by atoms with Crippen molar-refractivity contribution in [3.8, 4) is 0 Å². The Hall–Kier alpha value is -0.780. The molecule has 0 radical (unpaired) electrons. The van der Waals surface area contributed by atoms with Gasteiger partial charge in [0.05, 0.1) is 0 Å². The molecule has 0 saturated carbocycles. The number of nitrogens with one attached hydrogen (secondary N) is 2. The van der Waals surface area contributed by atoms with Crippen molar-refractivity contribution < 1.29 is 18.0 Å². The fraction of sp³-hybridized carbons (Fsp3) is 0.875. The zero-order valence-corrected chi connectivity index (χ0v) is 7.82. The number of carbonyl (C=O) groups excluding carboxylic acids is 1. The van der Waals surface area contributed by atoms with Crippen LogP contribution < -0.4 is 10.6 Å². The summed E-state index contributed by atoms with van der Waals surface area (Å²) in [4.78, 5) is 10.6. The van der Waals surface area contributed by atoms with E-state index in [0.717, 1.165) is 6.54 Å². The SMILES string of the molecule is CC1CNCC(NC(=O)C(F)(F)F)C1. The van der Waals surface area contributed by atoms with Crippen LogP contribution in [0.5, 0.6) is 0 Å². The van der Waals surface area contributed by atoms with Gasteiger partial charge in [0.2, 0.25) is 0 Å². The molecule has 3 nitrogen and oxygen atoms in total. The molecule has 0 spiro atoms. The second-order valence-corrected chi connectivity index (χ2v) is 3.67. The van der Waals surface area contributed by atoms with Gasteiger partial charge in [-0.25, -0.2) is 0 Å². The molecule has 0 aromatic heterocycles. The van der Waals surface area contributed by atoms with Gasteiger partial charge in [0.25, 0.3) is 0 Å². The van der Waals surface area contributed by atoms with Crippen LogP contribution in [0.15, 0.2) is 0 Å². The largest absolute Gasteiger partial charge is 0.471 e. The van der Waals surface area contributed by atoms with Crippen LogP contribution in [0.3, 0.4) is 0 Å². The molecule has 1 rings (SSSR count). The minimum atomic E-state index is -4.78. The first-order chi connectivity index (χ1) is 6.39. The zero-order chi connectivity index (χ0) is 10.8. The van der Waals surface area contributed by atoms with Gasteiger partial charge in [-0.1, -0.05) is 6.92 Å². The number of hydrogen-bond acceptors (Lipinski definition) is 2. The molecule has 14 heavy (non-hydrogen) atoms. The molecule has 1 aliphatic rings. The fourth-order valence-corrected chi connectivity index (χ4v) is 1.53. The average molecular weight is 210 g/mol. The third kappa shape index (κ3) is 3.17. The Kier molecular flexibility index (Phi) is 3.36. The van der Waals surface area contributed by atoms with E-state index in [0.29, 0.717) is 18.9 Å². The number of halogens is 3. The molecule has 2 atom stereocenters. The molecule has 1 fully saturated rings. The molecule has 2 N–H and O–H groups in total. The molecule has 82 valence electrons. The number of rotatable bonds is 1. The number of piperidine rings is 1. The van der Waals surface area contributed by atoms with Crippen LogP contribution in [0.4, 0.5) is 13.2 Å². The van der Waals surface area contributed by atoms with Crippen LogP contribution in [-0.2, 0) is 4.79 Å². The molecule has 1 saturated heterocycles. The summed E-state index contributed by atoms with van der Waals surface area (Å²) < 4.78 is 35.6. The van der Waals surface area contributed by atoms with Crippen LogP contribution >= 0.6 is 0 Å². The van der Waals surface area contributed by atoms with E-state index in [1.807, 2.05) is 12.2 Å². The first kappa shape index (κ1) is 11.3. The summed E-state index contributed by atoms with van der Waals surface area (Å²) in [6.45, 7) is 3.13. The molecule has 0 bridgehead atoms. The van der Waals surface area contributed by atoms with Gasteiger partial charge in [-0.3, -0.25) is 4.79 Å². The molecule has 1 heterocycles. The Morgan fingerprint density at radius 2 is 2.07 bits per heavy atom. The third-order valence-corrected chi connectivity index (χ3v) is 2.16. The van der Waals surface area contributed by atoms with Crippen LogP contribution in [0.25, 0.3) is 0 Å². The first-order valence-corrected chi connectivity index (χ1v) is 4.48. The van der Waals surface area contributed by atoms with Crippen molar-refractivity contribution in [2.24, 2.45) is 5.92 Å². The van der Waals surface area contributed by atoms with Crippen molar-refractivity contribution in [3.05, 3.63) is 0 Å². The highest BCUT2D eigenvalue weighted by atomic mass is 19.4. The summed E-state index contributed by atoms with van der Waals surface area (Å²) in [5.41, 5.74) is 0. The van der Waals surface area contributed by atoms with Crippen LogP contribution in [-0.4, -0.2) is 31.2 Å². The summed E-state index contributed by atoms with van der Waals surface area (Å²) in [7, 11) is 0. The van der Waals surface area contributed by atoms with Crippen molar-refractivity contribution in [2.45, 2.75) is 25.6 Å². The van der Waals surface area contributed by atoms with E-state index in [-0.39, 0.29) is 0 Å². The van der Waals surface area contributed by atoms with E-state index < -0.39 is 18.1 Å². The maximum absolute atomic E-state index is 11.9. The fourth-order valence-electron chi connectivity index (χ4n) is 1.53. The number of amides is 1. The summed E-state index contributed by atoms with van der Waals surface area (Å²) >= 11 is 0. The molecule has 0 aromatic rings. The van der Waals surface area contributed by atoms with Crippen LogP contribution in [0.2, 0.25) is 0 Å². The van der Waals surface area contributed by atoms with Crippen molar-refractivity contribution in [1.29, 1.82) is 0 Å². The highest BCUT2D eigenvalue weighted by Crippen LogP contribution is 2.16. The Labute approximate surface area is 80.0 Å². The number of carbonyl (C=O) groups is 1. The molecule has 0 aromatic carbocycles. The summed E-state index contributed by atoms with van der Waals surface area (Å²) in [5, 5.41) is 4.92. The van der Waals surface area contributed by atoms with Gasteiger partial charge in [0.15, 0.2) is 0 Å². The molecule has 2 unspecified atom stereocenters. The normalized spacial score (nSPS) is 28.6. The highest BCUT2D eigenvalue weighted by molar-refractivity contribution is 5.81. The Balaban J connectivity index is 2.40. The summed E-state index contributed by atoms with van der Waals surface area (Å²) in [6, 6.07) is -0.409. The lowest BCUT2D eigenvalue weighted by atomic mass is 9.98. The van der Waals surface area contributed by atoms with Gasteiger partial charge in [0, 0.05) is 12.6 Å². The average Bonchev–Trinajstić information content (AvgIpc) is 2.02. The van der Waals surface area contributed by atoms with E-state index in [2.05, 4.69) is 5.32 Å². The monoisotopic (exact) mass is 210 g/mol. The van der Waals surface area contributed by atoms with Crippen molar-refractivity contribution >= 4 is 5.91 Å². The van der Waals surface area contributed by atoms with Gasteiger partial charge in [0.1, 0.15) is 0 Å². The van der Waals surface area contributed by atoms with E-state index in [9.17, 15) is 18.0 Å². The van der Waals surface area contributed by atoms with Crippen molar-refractivity contribution in [1.82, 2.24) is 10.6 Å². The lowest BCUT2D eigenvalue weighted by Crippen LogP contribution is -2.51. The second kappa shape index (κ2) is 4.16. The maximum atomic E-state index is 11.9. The van der Waals surface area contributed by atoms with Gasteiger partial charge >= 0.3 is 12.1 Å². The molecule has 0 aliphatic carbocycles. The highest BCUT2D eigenvalue weighted by Gasteiger charge is 2.40. The summed E-state index contributed by atoms with van der Waals surface area (Å²) in [6.07, 6.45) is -4.19. The minimum absolute atomic E-state index is 0.294. The van der Waals surface area contributed by atoms with Gasteiger partial charge in [-0.15, -0.1) is 0 Å². The Bertz CT molecular complexity index is 217. The molecule has 1 aliphatic heterocycles. The molecular formula is C8H13F3N2O. The van der Waals surface area contributed by atoms with Gasteiger partial charge in [-0.05, 0) is 18.9 Å². The standard InChI is InChI=1S/C8H13F3N2O/c1-5-2-6(4-12-3-5)13-7(14)8(9,10)11/h5-6,12H,2-4H2,1H3,(H,13,14). The smallest absolute Gasteiger partial charge is 0.344 e. The number of hydrogen-bond donors (Lipinski definition) is 2. The van der Waals surface area contributed by atoms with E-state index in [1.54, 1.807) is 0 Å². The predicted molar refractivity (Wildman–Crippen MR) is 44.6 cm³/mol. The summed E-state index contributed by atoms with van der Waals surface area (Å²) in [5.74, 6) is -1.55. The maximum Gasteiger partial charge on any atom is 0.471 e. The predicted octanol–water partition coefficient (Wildman–Crippen LogP) is 0.663. The van der Waals surface area contributed by atoms with Gasteiger partial charge in [-0.2, -0.15) is 13.2 Å². The lowest BCUT2D eigenvalue weighted by molar-refractivity contribution is -0.174. The first-order valence-electron chi connectivity index (χ1n) is 4.48. The Morgan fingerprint density at radius 3 is 2.57 bits per heavy atom. The lowest BCUT2D eigenvalue weighted by Gasteiger charge is -2.28. The quantitative estimate of drug-likeness (QED) is 0.667. The number of alkyl halides is 3. The topological polar surface area (TPSA) is 41.1 Å². The minimum Gasteiger partial charge on any atom is -0.344 e. The van der Waals surface area contributed by atoms with Crippen molar-refractivity contribution in [3.63, 3.8) is 0 Å². The molecule has 1 amide bonds. The van der Waals surface area contributed by atoms with Crippen molar-refractivity contribution in [2.75, 3.05) is 13.1 Å². The Morgan fingerprint density at radius 1 is 1.43 bits per heavy atom. The zero-order valence-electron chi connectivity index (χ0n) is 7.82. The van der Waals surface area contributed by atoms with Crippen LogP contribution in [0, 0.1) is 5.92 Å². The van der Waals surface area contributed by atoms with Crippen LogP contribution in [0.1, 0.15) is 13.3 Å². The van der Waals surface area contributed by atoms with E-state index in [4.69, 9.17) is 0 Å². The molecular weight excluding hydrogens is 197 g/mol. The molecule has 6 heteroatoms. The second-order valence-electron chi connectivity index (χ2n) is 3.67.